The van der Waals surface area contributed by atoms with Gasteiger partial charge in [0, 0.05) is 18.7 Å². The van der Waals surface area contributed by atoms with Gasteiger partial charge in [-0.2, -0.15) is 9.67 Å². The first-order valence-electron chi connectivity index (χ1n) is 9.09. The highest BCUT2D eigenvalue weighted by molar-refractivity contribution is 5.94. The number of nitro groups is 1. The van der Waals surface area contributed by atoms with Crippen LogP contribution in [-0.4, -0.2) is 56.9 Å². The average molecular weight is 429 g/mol. The van der Waals surface area contributed by atoms with Crippen LogP contribution in [0.4, 0.5) is 5.82 Å². The first-order valence-corrected chi connectivity index (χ1v) is 9.09. The number of nitrogens with one attached hydrogen (secondary N) is 2. The fourth-order valence-electron chi connectivity index (χ4n) is 2.58. The van der Waals surface area contributed by atoms with E-state index in [1.165, 1.54) is 17.9 Å². The van der Waals surface area contributed by atoms with Crippen LogP contribution in [0, 0.1) is 17.0 Å². The van der Waals surface area contributed by atoms with Crippen molar-refractivity contribution in [3.8, 4) is 5.75 Å². The second kappa shape index (κ2) is 9.47. The Morgan fingerprint density at radius 2 is 1.97 bits per heavy atom. The van der Waals surface area contributed by atoms with Crippen LogP contribution in [0.15, 0.2) is 34.9 Å². The zero-order chi connectivity index (χ0) is 22.4. The molecule has 2 N–H and O–H groups in total. The summed E-state index contributed by atoms with van der Waals surface area (Å²) in [5.74, 6) is -0.788. The van der Waals surface area contributed by atoms with E-state index in [4.69, 9.17) is 9.26 Å². The molecule has 2 aromatic heterocycles. The normalized spacial score (nSPS) is 10.5. The first kappa shape index (κ1) is 21.4. The van der Waals surface area contributed by atoms with Crippen LogP contribution in [0.1, 0.15) is 32.6 Å². The Bertz CT molecular complexity index is 1110. The average Bonchev–Trinajstić information content (AvgIpc) is 3.38. The first-order chi connectivity index (χ1) is 14.9. The van der Waals surface area contributed by atoms with E-state index >= 15 is 0 Å². The molecule has 0 spiro atoms. The van der Waals surface area contributed by atoms with Crippen LogP contribution in [0.5, 0.6) is 5.75 Å². The molecule has 0 aliphatic rings. The van der Waals surface area contributed by atoms with Crippen molar-refractivity contribution in [1.29, 1.82) is 0 Å². The number of benzene rings is 1. The van der Waals surface area contributed by atoms with Crippen LogP contribution in [0.2, 0.25) is 0 Å². The molecule has 162 valence electrons. The van der Waals surface area contributed by atoms with Gasteiger partial charge in [0.1, 0.15) is 12.3 Å². The molecule has 0 atom stereocenters. The van der Waals surface area contributed by atoms with Crippen LogP contribution in [0.3, 0.4) is 0 Å². The van der Waals surface area contributed by atoms with Crippen LogP contribution in [0.25, 0.3) is 0 Å². The van der Waals surface area contributed by atoms with E-state index in [1.54, 1.807) is 31.2 Å². The van der Waals surface area contributed by atoms with Gasteiger partial charge in [-0.3, -0.25) is 9.59 Å². The fourth-order valence-corrected chi connectivity index (χ4v) is 2.58. The van der Waals surface area contributed by atoms with Gasteiger partial charge in [-0.25, -0.2) is 0 Å². The highest BCUT2D eigenvalue weighted by Crippen LogP contribution is 2.13. The maximum Gasteiger partial charge on any atom is 0.390 e. The van der Waals surface area contributed by atoms with E-state index in [-0.39, 0.29) is 43.1 Å². The summed E-state index contributed by atoms with van der Waals surface area (Å²) in [6, 6.07) is 7.99. The third kappa shape index (κ3) is 5.41. The number of amides is 2. The smallest absolute Gasteiger partial charge is 0.390 e. The number of nitrogens with zero attached hydrogens (tertiary/aromatic N) is 5. The number of aryl methyl sites for hydroxylation is 1. The topological polar surface area (TPSA) is 167 Å². The molecule has 0 saturated carbocycles. The largest absolute Gasteiger partial charge is 0.497 e. The molecule has 0 bridgehead atoms. The molecule has 1 aromatic carbocycles. The predicted molar refractivity (Wildman–Crippen MR) is 105 cm³/mol. The fraction of sp³-hybridized carbons (Fsp3) is 0.278. The van der Waals surface area contributed by atoms with Gasteiger partial charge in [-0.15, -0.1) is 0 Å². The molecular formula is C18H19N7O6. The zero-order valence-corrected chi connectivity index (χ0v) is 16.7. The van der Waals surface area contributed by atoms with E-state index in [0.717, 1.165) is 0 Å². The van der Waals surface area contributed by atoms with Gasteiger partial charge >= 0.3 is 17.6 Å². The zero-order valence-electron chi connectivity index (χ0n) is 16.7. The Balaban J connectivity index is 1.47. The van der Waals surface area contributed by atoms with Gasteiger partial charge in [0.15, 0.2) is 5.82 Å². The second-order valence-electron chi connectivity index (χ2n) is 6.32. The molecule has 2 amide bonds. The Labute approximate surface area is 175 Å². The van der Waals surface area contributed by atoms with E-state index in [0.29, 0.717) is 17.0 Å². The minimum atomic E-state index is -0.613. The van der Waals surface area contributed by atoms with Crippen molar-refractivity contribution in [1.82, 2.24) is 30.6 Å². The summed E-state index contributed by atoms with van der Waals surface area (Å²) in [5.41, 5.74) is 0.968. The van der Waals surface area contributed by atoms with E-state index in [9.17, 15) is 19.7 Å². The molecule has 0 unspecified atom stereocenters. The molecule has 2 heterocycles. The molecule has 13 nitrogen and oxygen atoms in total. The maximum absolute atomic E-state index is 12.1. The quantitative estimate of drug-likeness (QED) is 0.282. The van der Waals surface area contributed by atoms with Gasteiger partial charge in [0.2, 0.25) is 0 Å². The lowest BCUT2D eigenvalue weighted by atomic mass is 10.2. The molecule has 3 aromatic rings. The van der Waals surface area contributed by atoms with Crippen LogP contribution in [-0.2, 0) is 6.54 Å². The summed E-state index contributed by atoms with van der Waals surface area (Å²) in [4.78, 5) is 38.4. The number of aromatic nitrogens is 4. The summed E-state index contributed by atoms with van der Waals surface area (Å²) >= 11 is 0. The summed E-state index contributed by atoms with van der Waals surface area (Å²) in [7, 11) is 1.51. The van der Waals surface area contributed by atoms with Crippen molar-refractivity contribution < 1.29 is 23.8 Å². The second-order valence-corrected chi connectivity index (χ2v) is 6.32. The Kier molecular flexibility index (Phi) is 6.54. The molecular weight excluding hydrogens is 410 g/mol. The van der Waals surface area contributed by atoms with Gasteiger partial charge in [-0.05, 0) is 30.0 Å². The molecule has 3 rings (SSSR count). The lowest BCUT2D eigenvalue weighted by Crippen LogP contribution is -2.34. The molecule has 0 radical (unpaired) electrons. The number of ether oxygens (including phenoxy) is 1. The van der Waals surface area contributed by atoms with Crippen molar-refractivity contribution in [2.75, 3.05) is 20.2 Å². The Morgan fingerprint density at radius 3 is 2.65 bits per heavy atom. The third-order valence-corrected chi connectivity index (χ3v) is 4.14. The summed E-state index contributed by atoms with van der Waals surface area (Å²) < 4.78 is 11.3. The molecule has 0 saturated heterocycles. The molecule has 0 fully saturated rings. The van der Waals surface area contributed by atoms with Gasteiger partial charge in [0.05, 0.1) is 24.0 Å². The SMILES string of the molecule is COc1cccc(C(=O)NCCNC(=O)c2nc(Cn3nc([N+](=O)[O-])cc3C)no2)c1. The lowest BCUT2D eigenvalue weighted by Gasteiger charge is -2.07. The predicted octanol–water partition coefficient (Wildman–Crippen LogP) is 0.699. The number of methoxy groups -OCH3 is 1. The monoisotopic (exact) mass is 429 g/mol. The summed E-state index contributed by atoms with van der Waals surface area (Å²) in [6.45, 7) is 1.97. The summed E-state index contributed by atoms with van der Waals surface area (Å²) in [6.07, 6.45) is 0. The maximum atomic E-state index is 12.1. The van der Waals surface area contributed by atoms with Crippen LogP contribution >= 0.6 is 0 Å². The minimum absolute atomic E-state index is 0.00699. The van der Waals surface area contributed by atoms with Gasteiger partial charge < -0.3 is 30.0 Å². The van der Waals surface area contributed by atoms with Crippen molar-refractivity contribution in [2.45, 2.75) is 13.5 Å². The van der Waals surface area contributed by atoms with E-state index in [1.807, 2.05) is 0 Å². The molecule has 0 aliphatic heterocycles. The Morgan fingerprint density at radius 1 is 1.23 bits per heavy atom. The van der Waals surface area contributed by atoms with Crippen molar-refractivity contribution >= 4 is 17.6 Å². The highest BCUT2D eigenvalue weighted by Gasteiger charge is 2.19. The van der Waals surface area contributed by atoms with Gasteiger partial charge in [0.25, 0.3) is 5.91 Å². The number of rotatable bonds is 9. The number of carbonyl (C=O) groups is 2. The van der Waals surface area contributed by atoms with Crippen LogP contribution < -0.4 is 15.4 Å². The lowest BCUT2D eigenvalue weighted by molar-refractivity contribution is -0.389. The standard InChI is InChI=1S/C18H19N7O6/c1-11-8-15(25(28)29)22-24(11)10-14-21-18(31-23-14)17(27)20-7-6-19-16(26)12-4-3-5-13(9-12)30-2/h3-5,8-9H,6-7,10H2,1-2H3,(H,19,26)(H,20,27). The highest BCUT2D eigenvalue weighted by atomic mass is 16.6. The number of hydrogen-bond donors (Lipinski definition) is 2. The Hall–Kier alpha value is -4.29. The van der Waals surface area contributed by atoms with Crippen molar-refractivity contribution in [3.05, 3.63) is 63.4 Å². The number of hydrogen-bond acceptors (Lipinski definition) is 9. The molecule has 31 heavy (non-hydrogen) atoms. The molecule has 0 aliphatic carbocycles. The van der Waals surface area contributed by atoms with Crippen molar-refractivity contribution in [2.24, 2.45) is 0 Å². The van der Waals surface area contributed by atoms with Crippen molar-refractivity contribution in [3.63, 3.8) is 0 Å². The third-order valence-electron chi connectivity index (χ3n) is 4.14. The minimum Gasteiger partial charge on any atom is -0.497 e. The number of carbonyl (C=O) groups excluding carboxylic acids is 2. The van der Waals surface area contributed by atoms with Gasteiger partial charge in [-0.1, -0.05) is 11.2 Å². The molecule has 13 heteroatoms. The van der Waals surface area contributed by atoms with E-state index in [2.05, 4.69) is 25.9 Å². The van der Waals surface area contributed by atoms with E-state index < -0.39 is 10.8 Å². The summed E-state index contributed by atoms with van der Waals surface area (Å²) in [5, 5.41) is 23.5.